The Kier molecular flexibility index (Phi) is 4.07. The summed E-state index contributed by atoms with van der Waals surface area (Å²) in [5.41, 5.74) is 8.59. The third-order valence-electron chi connectivity index (χ3n) is 3.33. The normalized spacial score (nSPS) is 12.2. The van der Waals surface area contributed by atoms with E-state index in [1.54, 1.807) is 0 Å². The van der Waals surface area contributed by atoms with Gasteiger partial charge in [-0.3, -0.25) is 0 Å². The zero-order chi connectivity index (χ0) is 13.9. The van der Waals surface area contributed by atoms with Gasteiger partial charge in [0.1, 0.15) is 0 Å². The van der Waals surface area contributed by atoms with Gasteiger partial charge < -0.3 is 21.0 Å². The zero-order valence-corrected chi connectivity index (χ0v) is 11.5. The highest BCUT2D eigenvalue weighted by atomic mass is 16.1. The molecule has 0 atom stereocenters. The number of nitrogens with one attached hydrogen (secondary N) is 3. The van der Waals surface area contributed by atoms with E-state index in [2.05, 4.69) is 29.1 Å². The Morgan fingerprint density at radius 1 is 1.26 bits per heavy atom. The van der Waals surface area contributed by atoms with Crippen LogP contribution in [0.15, 0.2) is 23.0 Å². The Labute approximate surface area is 112 Å². The lowest BCUT2D eigenvalue weighted by Crippen LogP contribution is -2.36. The molecule has 1 heterocycles. The molecule has 0 amide bonds. The highest BCUT2D eigenvalue weighted by Gasteiger charge is 2.14. The van der Waals surface area contributed by atoms with Crippen molar-refractivity contribution in [2.24, 2.45) is 11.1 Å². The Bertz CT molecular complexity index is 597. The van der Waals surface area contributed by atoms with Gasteiger partial charge in [0.15, 0.2) is 0 Å². The maximum Gasteiger partial charge on any atom is 0.323 e. The van der Waals surface area contributed by atoms with E-state index in [1.165, 1.54) is 5.56 Å². The van der Waals surface area contributed by atoms with Crippen LogP contribution in [0.2, 0.25) is 0 Å². The second-order valence-electron chi connectivity index (χ2n) is 5.75. The van der Waals surface area contributed by atoms with Gasteiger partial charge >= 0.3 is 5.69 Å². The minimum atomic E-state index is -0.157. The minimum Gasteiger partial charge on any atom is -0.330 e. The van der Waals surface area contributed by atoms with E-state index in [1.807, 2.05) is 18.2 Å². The smallest absolute Gasteiger partial charge is 0.323 e. The molecule has 5 nitrogen and oxygen atoms in total. The van der Waals surface area contributed by atoms with Gasteiger partial charge in [0.25, 0.3) is 0 Å². The first-order chi connectivity index (χ1) is 9.00. The van der Waals surface area contributed by atoms with Crippen molar-refractivity contribution in [3.63, 3.8) is 0 Å². The quantitative estimate of drug-likeness (QED) is 0.585. The molecule has 0 aliphatic rings. The molecule has 0 aliphatic heterocycles. The van der Waals surface area contributed by atoms with Crippen LogP contribution in [0.5, 0.6) is 0 Å². The van der Waals surface area contributed by atoms with Crippen LogP contribution in [0.1, 0.15) is 19.4 Å². The van der Waals surface area contributed by atoms with Crippen molar-refractivity contribution in [1.29, 1.82) is 0 Å². The van der Waals surface area contributed by atoms with E-state index in [9.17, 15) is 4.79 Å². The molecule has 0 fully saturated rings. The van der Waals surface area contributed by atoms with Crippen molar-refractivity contribution in [2.75, 3.05) is 19.6 Å². The molecule has 104 valence electrons. The summed E-state index contributed by atoms with van der Waals surface area (Å²) in [6, 6.07) is 6.00. The fraction of sp³-hybridized carbons (Fsp3) is 0.500. The van der Waals surface area contributed by atoms with E-state index in [0.717, 1.165) is 30.5 Å². The molecule has 2 rings (SSSR count). The summed E-state index contributed by atoms with van der Waals surface area (Å²) >= 11 is 0. The number of fused-ring (bicyclic) bond motifs is 1. The topological polar surface area (TPSA) is 86.7 Å². The number of hydrogen-bond acceptors (Lipinski definition) is 3. The molecule has 5 N–H and O–H groups in total. The van der Waals surface area contributed by atoms with E-state index >= 15 is 0 Å². The largest absolute Gasteiger partial charge is 0.330 e. The summed E-state index contributed by atoms with van der Waals surface area (Å²) < 4.78 is 0. The van der Waals surface area contributed by atoms with Crippen LogP contribution in [0.3, 0.4) is 0 Å². The number of imidazole rings is 1. The molecule has 2 aromatic rings. The highest BCUT2D eigenvalue weighted by molar-refractivity contribution is 5.74. The third-order valence-corrected chi connectivity index (χ3v) is 3.33. The fourth-order valence-corrected chi connectivity index (χ4v) is 1.97. The molecule has 0 aliphatic carbocycles. The predicted octanol–water partition coefficient (Wildman–Crippen LogP) is 0.973. The molecule has 1 aromatic heterocycles. The molecular formula is C14H22N4O. The number of aromatic amines is 2. The maximum absolute atomic E-state index is 11.2. The Morgan fingerprint density at radius 2 is 2.00 bits per heavy atom. The SMILES string of the molecule is CC(C)(CN)CNCCc1ccc2[nH]c(=O)[nH]c2c1. The summed E-state index contributed by atoms with van der Waals surface area (Å²) in [6.07, 6.45) is 0.934. The van der Waals surface area contributed by atoms with Gasteiger partial charge in [-0.2, -0.15) is 0 Å². The molecule has 0 bridgehead atoms. The molecule has 5 heteroatoms. The predicted molar refractivity (Wildman–Crippen MR) is 78.3 cm³/mol. The average molecular weight is 262 g/mol. The van der Waals surface area contributed by atoms with Crippen LogP contribution in [0.25, 0.3) is 11.0 Å². The van der Waals surface area contributed by atoms with Crippen LogP contribution < -0.4 is 16.7 Å². The van der Waals surface area contributed by atoms with Crippen LogP contribution >= 0.6 is 0 Å². The first kappa shape index (κ1) is 13.8. The average Bonchev–Trinajstić information content (AvgIpc) is 2.74. The van der Waals surface area contributed by atoms with Crippen molar-refractivity contribution in [2.45, 2.75) is 20.3 Å². The summed E-state index contributed by atoms with van der Waals surface area (Å²) in [6.45, 7) is 6.79. The monoisotopic (exact) mass is 262 g/mol. The van der Waals surface area contributed by atoms with E-state index in [0.29, 0.717) is 6.54 Å². The van der Waals surface area contributed by atoms with Gasteiger partial charge in [0, 0.05) is 6.54 Å². The standard InChI is InChI=1S/C14H22N4O/c1-14(2,8-15)9-16-6-5-10-3-4-11-12(7-10)18-13(19)17-11/h3-4,7,16H,5-6,8-9,15H2,1-2H3,(H2,17,18,19). The number of nitrogens with two attached hydrogens (primary N) is 1. The second-order valence-corrected chi connectivity index (χ2v) is 5.75. The van der Waals surface area contributed by atoms with E-state index in [4.69, 9.17) is 5.73 Å². The zero-order valence-electron chi connectivity index (χ0n) is 11.5. The lowest BCUT2D eigenvalue weighted by molar-refractivity contribution is 0.353. The van der Waals surface area contributed by atoms with E-state index in [-0.39, 0.29) is 11.1 Å². The van der Waals surface area contributed by atoms with Crippen LogP contribution in [0.4, 0.5) is 0 Å². The number of H-pyrrole nitrogens is 2. The van der Waals surface area contributed by atoms with Crippen LogP contribution in [-0.2, 0) is 6.42 Å². The van der Waals surface area contributed by atoms with Gasteiger partial charge in [0.05, 0.1) is 11.0 Å². The van der Waals surface area contributed by atoms with Crippen molar-refractivity contribution >= 4 is 11.0 Å². The number of hydrogen-bond donors (Lipinski definition) is 4. The molecule has 0 saturated carbocycles. The third kappa shape index (κ3) is 3.68. The molecule has 0 saturated heterocycles. The minimum absolute atomic E-state index is 0.135. The molecule has 1 aromatic carbocycles. The lowest BCUT2D eigenvalue weighted by atomic mass is 9.94. The van der Waals surface area contributed by atoms with Crippen molar-refractivity contribution in [3.05, 3.63) is 34.2 Å². The van der Waals surface area contributed by atoms with Crippen molar-refractivity contribution in [1.82, 2.24) is 15.3 Å². The number of benzene rings is 1. The van der Waals surface area contributed by atoms with Gasteiger partial charge in [-0.15, -0.1) is 0 Å². The van der Waals surface area contributed by atoms with Gasteiger partial charge in [-0.05, 0) is 42.6 Å². The Balaban J connectivity index is 1.89. The molecular weight excluding hydrogens is 240 g/mol. The van der Waals surface area contributed by atoms with Crippen LogP contribution in [-0.4, -0.2) is 29.6 Å². The van der Waals surface area contributed by atoms with Gasteiger partial charge in [-0.25, -0.2) is 4.79 Å². The summed E-state index contributed by atoms with van der Waals surface area (Å²) in [4.78, 5) is 16.7. The molecule has 0 spiro atoms. The Hall–Kier alpha value is -1.59. The summed E-state index contributed by atoms with van der Waals surface area (Å²) in [5.74, 6) is 0. The molecule has 0 unspecified atom stereocenters. The highest BCUT2D eigenvalue weighted by Crippen LogP contribution is 2.12. The van der Waals surface area contributed by atoms with Gasteiger partial charge in [0.2, 0.25) is 0 Å². The maximum atomic E-state index is 11.2. The van der Waals surface area contributed by atoms with E-state index < -0.39 is 0 Å². The second kappa shape index (κ2) is 5.59. The number of rotatable bonds is 6. The molecule has 0 radical (unpaired) electrons. The Morgan fingerprint density at radius 3 is 2.74 bits per heavy atom. The fourth-order valence-electron chi connectivity index (χ4n) is 1.97. The van der Waals surface area contributed by atoms with Crippen LogP contribution in [0, 0.1) is 5.41 Å². The molecule has 19 heavy (non-hydrogen) atoms. The van der Waals surface area contributed by atoms with Crippen molar-refractivity contribution < 1.29 is 0 Å². The first-order valence-corrected chi connectivity index (χ1v) is 6.62. The summed E-state index contributed by atoms with van der Waals surface area (Å²) in [5, 5.41) is 3.42. The first-order valence-electron chi connectivity index (χ1n) is 6.62. The van der Waals surface area contributed by atoms with Crippen molar-refractivity contribution in [3.8, 4) is 0 Å². The summed E-state index contributed by atoms with van der Waals surface area (Å²) in [7, 11) is 0. The van der Waals surface area contributed by atoms with Gasteiger partial charge in [-0.1, -0.05) is 19.9 Å². The number of aromatic nitrogens is 2. The lowest BCUT2D eigenvalue weighted by Gasteiger charge is -2.22.